The van der Waals surface area contributed by atoms with E-state index < -0.39 is 5.97 Å². The molecule has 0 aliphatic carbocycles. The van der Waals surface area contributed by atoms with E-state index >= 15 is 0 Å². The van der Waals surface area contributed by atoms with Gasteiger partial charge < -0.3 is 15.7 Å². The molecule has 1 fully saturated rings. The lowest BCUT2D eigenvalue weighted by Gasteiger charge is -2.22. The highest BCUT2D eigenvalue weighted by Crippen LogP contribution is 2.12. The van der Waals surface area contributed by atoms with Crippen molar-refractivity contribution in [1.82, 2.24) is 10.6 Å². The third-order valence-electron chi connectivity index (χ3n) is 3.24. The fourth-order valence-electron chi connectivity index (χ4n) is 1.95. The van der Waals surface area contributed by atoms with E-state index in [0.717, 1.165) is 0 Å². The summed E-state index contributed by atoms with van der Waals surface area (Å²) >= 11 is 0. The van der Waals surface area contributed by atoms with Crippen LogP contribution in [0.1, 0.15) is 32.6 Å². The zero-order chi connectivity index (χ0) is 13.5. The number of carboxylic acid groups (broad SMARTS) is 1. The monoisotopic (exact) mass is 256 g/mol. The highest BCUT2D eigenvalue weighted by molar-refractivity contribution is 5.83. The minimum absolute atomic E-state index is 0.0173. The molecule has 0 aromatic rings. The number of carbonyl (C=O) groups is 3. The first-order valence-electron chi connectivity index (χ1n) is 6.29. The lowest BCUT2D eigenvalue weighted by Crippen LogP contribution is -2.44. The molecule has 0 bridgehead atoms. The van der Waals surface area contributed by atoms with Crippen LogP contribution in [0, 0.1) is 11.8 Å². The molecule has 0 radical (unpaired) electrons. The van der Waals surface area contributed by atoms with Crippen molar-refractivity contribution >= 4 is 17.8 Å². The number of hydrogen-bond donors (Lipinski definition) is 3. The highest BCUT2D eigenvalue weighted by atomic mass is 16.4. The number of nitrogens with one attached hydrogen (secondary N) is 2. The zero-order valence-electron chi connectivity index (χ0n) is 10.6. The molecular weight excluding hydrogens is 236 g/mol. The van der Waals surface area contributed by atoms with Gasteiger partial charge in [-0.15, -0.1) is 0 Å². The summed E-state index contributed by atoms with van der Waals surface area (Å²) in [5, 5.41) is 14.1. The first-order chi connectivity index (χ1) is 8.52. The van der Waals surface area contributed by atoms with Crippen LogP contribution in [-0.2, 0) is 14.4 Å². The molecule has 1 saturated heterocycles. The Balaban J connectivity index is 2.31. The largest absolute Gasteiger partial charge is 0.481 e. The molecule has 0 aromatic carbocycles. The summed E-state index contributed by atoms with van der Waals surface area (Å²) in [7, 11) is 0. The Kier molecular flexibility index (Phi) is 5.61. The number of aliphatic carboxylic acids is 1. The Labute approximate surface area is 106 Å². The molecule has 1 aliphatic heterocycles. The van der Waals surface area contributed by atoms with Crippen molar-refractivity contribution in [3.05, 3.63) is 0 Å². The van der Waals surface area contributed by atoms with Crippen LogP contribution in [-0.4, -0.2) is 36.0 Å². The van der Waals surface area contributed by atoms with E-state index in [1.54, 1.807) is 0 Å². The van der Waals surface area contributed by atoms with Crippen LogP contribution >= 0.6 is 0 Å². The Morgan fingerprint density at radius 1 is 1.56 bits per heavy atom. The fourth-order valence-corrected chi connectivity index (χ4v) is 1.95. The molecule has 1 rings (SSSR count). The first-order valence-corrected chi connectivity index (χ1v) is 6.29. The van der Waals surface area contributed by atoms with Gasteiger partial charge in [0.1, 0.15) is 0 Å². The maximum atomic E-state index is 11.8. The van der Waals surface area contributed by atoms with E-state index in [4.69, 9.17) is 5.11 Å². The quantitative estimate of drug-likeness (QED) is 0.629. The summed E-state index contributed by atoms with van der Waals surface area (Å²) in [5.74, 6) is -1.19. The molecule has 3 N–H and O–H groups in total. The average molecular weight is 256 g/mol. The SMILES string of the molecule is CCC(CNC(=O)C1CCC(=O)NC1)CC(=O)O. The van der Waals surface area contributed by atoms with Gasteiger partial charge in [0.25, 0.3) is 0 Å². The van der Waals surface area contributed by atoms with Crippen LogP contribution in [0.5, 0.6) is 0 Å². The van der Waals surface area contributed by atoms with E-state index in [0.29, 0.717) is 32.4 Å². The number of amides is 2. The highest BCUT2D eigenvalue weighted by Gasteiger charge is 2.24. The van der Waals surface area contributed by atoms with Crippen molar-refractivity contribution < 1.29 is 19.5 Å². The van der Waals surface area contributed by atoms with Gasteiger partial charge in [0, 0.05) is 25.9 Å². The van der Waals surface area contributed by atoms with Gasteiger partial charge in [0.15, 0.2) is 0 Å². The molecule has 1 aliphatic rings. The van der Waals surface area contributed by atoms with Gasteiger partial charge in [-0.3, -0.25) is 14.4 Å². The summed E-state index contributed by atoms with van der Waals surface area (Å²) in [6.45, 7) is 2.66. The molecule has 0 saturated carbocycles. The fraction of sp³-hybridized carbons (Fsp3) is 0.750. The molecule has 2 amide bonds. The number of carboxylic acids is 1. The van der Waals surface area contributed by atoms with Crippen molar-refractivity contribution in [3.8, 4) is 0 Å². The molecular formula is C12H20N2O4. The van der Waals surface area contributed by atoms with Crippen molar-refractivity contribution in [2.24, 2.45) is 11.8 Å². The number of hydrogen-bond acceptors (Lipinski definition) is 3. The van der Waals surface area contributed by atoms with Crippen LogP contribution in [0.4, 0.5) is 0 Å². The van der Waals surface area contributed by atoms with Gasteiger partial charge in [-0.2, -0.15) is 0 Å². The molecule has 6 heteroatoms. The third-order valence-corrected chi connectivity index (χ3v) is 3.24. The Bertz CT molecular complexity index is 320. The van der Waals surface area contributed by atoms with Crippen LogP contribution < -0.4 is 10.6 Å². The van der Waals surface area contributed by atoms with E-state index in [-0.39, 0.29) is 30.1 Å². The number of carbonyl (C=O) groups excluding carboxylic acids is 2. The van der Waals surface area contributed by atoms with Gasteiger partial charge >= 0.3 is 5.97 Å². The number of rotatable bonds is 6. The first kappa shape index (κ1) is 14.5. The molecule has 1 heterocycles. The maximum absolute atomic E-state index is 11.8. The van der Waals surface area contributed by atoms with Crippen LogP contribution in [0.25, 0.3) is 0 Å². The Hall–Kier alpha value is -1.59. The predicted molar refractivity (Wildman–Crippen MR) is 64.8 cm³/mol. The molecule has 0 spiro atoms. The second-order valence-corrected chi connectivity index (χ2v) is 4.66. The lowest BCUT2D eigenvalue weighted by atomic mass is 9.97. The average Bonchev–Trinajstić information content (AvgIpc) is 2.34. The van der Waals surface area contributed by atoms with E-state index in [9.17, 15) is 14.4 Å². The standard InChI is InChI=1S/C12H20N2O4/c1-2-8(5-11(16)17)6-14-12(18)9-3-4-10(15)13-7-9/h8-9H,2-7H2,1H3,(H,13,15)(H,14,18)(H,16,17). The Morgan fingerprint density at radius 2 is 2.28 bits per heavy atom. The predicted octanol–water partition coefficient (Wildman–Crippen LogP) is 0.130. The van der Waals surface area contributed by atoms with Gasteiger partial charge in [-0.05, 0) is 12.3 Å². The summed E-state index contributed by atoms with van der Waals surface area (Å²) in [4.78, 5) is 33.3. The molecule has 2 atom stereocenters. The van der Waals surface area contributed by atoms with E-state index in [1.807, 2.05) is 6.92 Å². The molecule has 18 heavy (non-hydrogen) atoms. The van der Waals surface area contributed by atoms with Gasteiger partial charge in [0.2, 0.25) is 11.8 Å². The van der Waals surface area contributed by atoms with Crippen molar-refractivity contribution in [2.75, 3.05) is 13.1 Å². The minimum atomic E-state index is -0.846. The summed E-state index contributed by atoms with van der Waals surface area (Å²) in [5.41, 5.74) is 0. The van der Waals surface area contributed by atoms with Crippen LogP contribution in [0.2, 0.25) is 0 Å². The second kappa shape index (κ2) is 6.98. The Morgan fingerprint density at radius 3 is 2.78 bits per heavy atom. The van der Waals surface area contributed by atoms with Crippen molar-refractivity contribution in [3.63, 3.8) is 0 Å². The normalized spacial score (nSPS) is 20.9. The maximum Gasteiger partial charge on any atom is 0.303 e. The molecule has 2 unspecified atom stereocenters. The third kappa shape index (κ3) is 4.73. The topological polar surface area (TPSA) is 95.5 Å². The van der Waals surface area contributed by atoms with Crippen LogP contribution in [0.3, 0.4) is 0 Å². The number of piperidine rings is 1. The van der Waals surface area contributed by atoms with Crippen molar-refractivity contribution in [1.29, 1.82) is 0 Å². The second-order valence-electron chi connectivity index (χ2n) is 4.66. The summed E-state index contributed by atoms with van der Waals surface area (Å²) < 4.78 is 0. The van der Waals surface area contributed by atoms with E-state index in [2.05, 4.69) is 10.6 Å². The van der Waals surface area contributed by atoms with Crippen molar-refractivity contribution in [2.45, 2.75) is 32.6 Å². The lowest BCUT2D eigenvalue weighted by molar-refractivity contribution is -0.138. The van der Waals surface area contributed by atoms with Crippen LogP contribution in [0.15, 0.2) is 0 Å². The smallest absolute Gasteiger partial charge is 0.303 e. The summed E-state index contributed by atoms with van der Waals surface area (Å²) in [6, 6.07) is 0. The van der Waals surface area contributed by atoms with Gasteiger partial charge in [-0.25, -0.2) is 0 Å². The zero-order valence-corrected chi connectivity index (χ0v) is 10.6. The van der Waals surface area contributed by atoms with E-state index in [1.165, 1.54) is 0 Å². The molecule has 102 valence electrons. The summed E-state index contributed by atoms with van der Waals surface area (Å²) in [6.07, 6.45) is 1.73. The molecule has 6 nitrogen and oxygen atoms in total. The van der Waals surface area contributed by atoms with Gasteiger partial charge in [-0.1, -0.05) is 13.3 Å². The minimum Gasteiger partial charge on any atom is -0.481 e. The van der Waals surface area contributed by atoms with Gasteiger partial charge in [0.05, 0.1) is 5.92 Å². The molecule has 0 aromatic heterocycles.